The lowest BCUT2D eigenvalue weighted by Crippen LogP contribution is -2.15. The summed E-state index contributed by atoms with van der Waals surface area (Å²) >= 11 is 3.40. The highest BCUT2D eigenvalue weighted by atomic mass is 79.9. The van der Waals surface area contributed by atoms with Gasteiger partial charge in [-0.25, -0.2) is 14.6 Å². The van der Waals surface area contributed by atoms with Crippen molar-refractivity contribution < 1.29 is 33.5 Å². The van der Waals surface area contributed by atoms with Crippen molar-refractivity contribution in [3.63, 3.8) is 0 Å². The molecule has 0 fully saturated rings. The van der Waals surface area contributed by atoms with Crippen molar-refractivity contribution in [1.82, 2.24) is 0 Å². The third-order valence-corrected chi connectivity index (χ3v) is 5.14. The molecule has 0 saturated heterocycles. The summed E-state index contributed by atoms with van der Waals surface area (Å²) < 4.78 is 21.8. The average Bonchev–Trinajstić information content (AvgIpc) is 3.13. The van der Waals surface area contributed by atoms with Gasteiger partial charge >= 0.3 is 11.9 Å². The van der Waals surface area contributed by atoms with Gasteiger partial charge in [-0.3, -0.25) is 10.1 Å². The molecule has 0 saturated carbocycles. The Morgan fingerprint density at radius 3 is 2.65 bits per heavy atom. The van der Waals surface area contributed by atoms with Gasteiger partial charge in [-0.05, 0) is 66.5 Å². The lowest BCUT2D eigenvalue weighted by atomic mass is 10.1. The summed E-state index contributed by atoms with van der Waals surface area (Å²) in [7, 11) is 0. The van der Waals surface area contributed by atoms with Crippen molar-refractivity contribution in [3.05, 3.63) is 67.3 Å². The number of aryl methyl sites for hydroxylation is 1. The SMILES string of the molecule is CCOC(=O)COc1c(Br)cc(/C=C2\N=C(c3ccc(C)c([N+](=O)[O-])c3)OC2=O)cc1OCC. The van der Waals surface area contributed by atoms with E-state index in [0.29, 0.717) is 39.3 Å². The van der Waals surface area contributed by atoms with Gasteiger partial charge in [-0.15, -0.1) is 0 Å². The van der Waals surface area contributed by atoms with Gasteiger partial charge in [0, 0.05) is 17.2 Å². The minimum absolute atomic E-state index is 0.00719. The van der Waals surface area contributed by atoms with Gasteiger partial charge in [0.1, 0.15) is 0 Å². The second-order valence-electron chi connectivity index (χ2n) is 6.95. The minimum atomic E-state index is -0.699. The van der Waals surface area contributed by atoms with Crippen LogP contribution in [0.3, 0.4) is 0 Å². The van der Waals surface area contributed by atoms with E-state index in [2.05, 4.69) is 20.9 Å². The third-order valence-electron chi connectivity index (χ3n) is 4.55. The number of carbonyl (C=O) groups excluding carboxylic acids is 2. The van der Waals surface area contributed by atoms with Crippen LogP contribution < -0.4 is 9.47 Å². The Bertz CT molecular complexity index is 1210. The Hall–Kier alpha value is -3.73. The maximum Gasteiger partial charge on any atom is 0.363 e. The number of nitro groups is 1. The summed E-state index contributed by atoms with van der Waals surface area (Å²) in [6, 6.07) is 7.75. The molecule has 2 aromatic carbocycles. The van der Waals surface area contributed by atoms with E-state index in [4.69, 9.17) is 18.9 Å². The summed E-state index contributed by atoms with van der Waals surface area (Å²) in [5.41, 5.74) is 1.25. The number of carbonyl (C=O) groups is 2. The molecule has 10 nitrogen and oxygen atoms in total. The van der Waals surface area contributed by atoms with E-state index >= 15 is 0 Å². The maximum absolute atomic E-state index is 12.4. The average molecular weight is 533 g/mol. The number of nitro benzene ring substituents is 1. The number of hydrogen-bond acceptors (Lipinski definition) is 9. The van der Waals surface area contributed by atoms with Crippen molar-refractivity contribution >= 4 is 45.5 Å². The lowest BCUT2D eigenvalue weighted by Gasteiger charge is -2.14. The maximum atomic E-state index is 12.4. The van der Waals surface area contributed by atoms with Gasteiger partial charge in [0.05, 0.1) is 22.6 Å². The Balaban J connectivity index is 1.92. The largest absolute Gasteiger partial charge is 0.490 e. The fourth-order valence-corrected chi connectivity index (χ4v) is 3.61. The minimum Gasteiger partial charge on any atom is -0.490 e. The molecule has 1 aliphatic heterocycles. The van der Waals surface area contributed by atoms with Crippen LogP contribution in [0, 0.1) is 17.0 Å². The zero-order chi connectivity index (χ0) is 24.8. The topological polar surface area (TPSA) is 127 Å². The number of cyclic esters (lactones) is 1. The van der Waals surface area contributed by atoms with E-state index in [-0.39, 0.29) is 30.5 Å². The molecule has 0 atom stereocenters. The zero-order valence-corrected chi connectivity index (χ0v) is 20.2. The number of hydrogen-bond donors (Lipinski definition) is 0. The summed E-state index contributed by atoms with van der Waals surface area (Å²) in [6.07, 6.45) is 1.49. The Kier molecular flexibility index (Phi) is 8.00. The van der Waals surface area contributed by atoms with E-state index < -0.39 is 16.9 Å². The van der Waals surface area contributed by atoms with Gasteiger partial charge in [-0.2, -0.15) is 0 Å². The highest BCUT2D eigenvalue weighted by Gasteiger charge is 2.26. The number of ether oxygens (including phenoxy) is 4. The first-order valence-corrected chi connectivity index (χ1v) is 11.1. The smallest absolute Gasteiger partial charge is 0.363 e. The van der Waals surface area contributed by atoms with Crippen molar-refractivity contribution in [3.8, 4) is 11.5 Å². The summed E-state index contributed by atoms with van der Waals surface area (Å²) in [6.45, 7) is 5.38. The van der Waals surface area contributed by atoms with Gasteiger partial charge in [0.15, 0.2) is 23.8 Å². The third kappa shape index (κ3) is 5.79. The molecule has 0 aromatic heterocycles. The molecule has 2 aromatic rings. The molecular weight excluding hydrogens is 512 g/mol. The van der Waals surface area contributed by atoms with Crippen LogP contribution in [0.1, 0.15) is 30.5 Å². The normalized spacial score (nSPS) is 13.9. The van der Waals surface area contributed by atoms with Crippen LogP contribution >= 0.6 is 15.9 Å². The molecule has 0 radical (unpaired) electrons. The van der Waals surface area contributed by atoms with Crippen LogP contribution in [-0.2, 0) is 19.1 Å². The predicted octanol–water partition coefficient (Wildman–Crippen LogP) is 4.35. The Labute approximate surface area is 203 Å². The molecule has 1 aliphatic rings. The lowest BCUT2D eigenvalue weighted by molar-refractivity contribution is -0.385. The standard InChI is InChI=1S/C23H21BrN2O8/c1-4-31-19-10-14(8-16(24)21(19)33-12-20(27)32-5-2)9-17-23(28)34-22(25-17)15-7-6-13(3)18(11-15)26(29)30/h6-11H,4-5,12H2,1-3H3/b17-9-. The van der Waals surface area contributed by atoms with Gasteiger partial charge in [-0.1, -0.05) is 6.07 Å². The predicted molar refractivity (Wildman–Crippen MR) is 126 cm³/mol. The number of rotatable bonds is 9. The number of halogens is 1. The number of nitrogens with zero attached hydrogens (tertiary/aromatic N) is 2. The summed E-state index contributed by atoms with van der Waals surface area (Å²) in [5.74, 6) is -0.595. The molecule has 11 heteroatoms. The molecule has 0 bridgehead atoms. The number of benzene rings is 2. The molecule has 34 heavy (non-hydrogen) atoms. The zero-order valence-electron chi connectivity index (χ0n) is 18.6. The van der Waals surface area contributed by atoms with E-state index in [1.165, 1.54) is 12.1 Å². The van der Waals surface area contributed by atoms with E-state index in [1.807, 2.05) is 0 Å². The van der Waals surface area contributed by atoms with Crippen molar-refractivity contribution in [2.24, 2.45) is 4.99 Å². The molecule has 0 N–H and O–H groups in total. The highest BCUT2D eigenvalue weighted by molar-refractivity contribution is 9.10. The number of esters is 2. The van der Waals surface area contributed by atoms with Crippen LogP contribution in [0.15, 0.2) is 45.5 Å². The van der Waals surface area contributed by atoms with Crippen LogP contribution in [-0.4, -0.2) is 42.6 Å². The molecule has 0 amide bonds. The van der Waals surface area contributed by atoms with Crippen LogP contribution in [0.2, 0.25) is 0 Å². The van der Waals surface area contributed by atoms with Crippen LogP contribution in [0.5, 0.6) is 11.5 Å². The Morgan fingerprint density at radius 1 is 1.21 bits per heavy atom. The van der Waals surface area contributed by atoms with Crippen molar-refractivity contribution in [2.45, 2.75) is 20.8 Å². The molecule has 0 spiro atoms. The molecule has 3 rings (SSSR count). The van der Waals surface area contributed by atoms with Crippen molar-refractivity contribution in [1.29, 1.82) is 0 Å². The summed E-state index contributed by atoms with van der Waals surface area (Å²) in [5, 5.41) is 11.2. The van der Waals surface area contributed by atoms with Crippen LogP contribution in [0.25, 0.3) is 6.08 Å². The molecule has 0 aliphatic carbocycles. The van der Waals surface area contributed by atoms with Gasteiger partial charge < -0.3 is 18.9 Å². The second kappa shape index (κ2) is 10.9. The van der Waals surface area contributed by atoms with Gasteiger partial charge in [0.2, 0.25) is 5.90 Å². The van der Waals surface area contributed by atoms with Crippen molar-refractivity contribution in [2.75, 3.05) is 19.8 Å². The second-order valence-corrected chi connectivity index (χ2v) is 7.81. The van der Waals surface area contributed by atoms with E-state index in [1.54, 1.807) is 45.0 Å². The van der Waals surface area contributed by atoms with E-state index in [9.17, 15) is 19.7 Å². The quantitative estimate of drug-likeness (QED) is 0.202. The van der Waals surface area contributed by atoms with Gasteiger partial charge in [0.25, 0.3) is 5.69 Å². The fraction of sp³-hybridized carbons (Fsp3) is 0.261. The fourth-order valence-electron chi connectivity index (χ4n) is 3.04. The first-order valence-electron chi connectivity index (χ1n) is 10.3. The molecule has 0 unspecified atom stereocenters. The molecular formula is C23H21BrN2O8. The highest BCUT2D eigenvalue weighted by Crippen LogP contribution is 2.38. The Morgan fingerprint density at radius 2 is 1.97 bits per heavy atom. The first-order chi connectivity index (χ1) is 16.2. The van der Waals surface area contributed by atoms with Crippen LogP contribution in [0.4, 0.5) is 5.69 Å². The monoisotopic (exact) mass is 532 g/mol. The number of aliphatic imine (C=N–C) groups is 1. The first kappa shape index (κ1) is 24.9. The summed E-state index contributed by atoms with van der Waals surface area (Å²) in [4.78, 5) is 38.9. The van der Waals surface area contributed by atoms with E-state index in [0.717, 1.165) is 0 Å². The molecule has 178 valence electrons. The molecule has 1 heterocycles.